The van der Waals surface area contributed by atoms with Crippen molar-refractivity contribution in [3.8, 4) is 6.07 Å². The molecule has 2 heterocycles. The van der Waals surface area contributed by atoms with E-state index in [1.54, 1.807) is 24.4 Å². The van der Waals surface area contributed by atoms with Gasteiger partial charge in [-0.1, -0.05) is 18.2 Å². The minimum absolute atomic E-state index is 0.150. The Balaban J connectivity index is 1.59. The Kier molecular flexibility index (Phi) is 6.00. The number of carbonyl (C=O) groups is 1. The Morgan fingerprint density at radius 2 is 1.96 bits per heavy atom. The van der Waals surface area contributed by atoms with Crippen LogP contribution in [-0.4, -0.2) is 24.0 Å². The van der Waals surface area contributed by atoms with E-state index in [0.29, 0.717) is 12.1 Å². The molecule has 0 spiro atoms. The number of amides is 1. The molecule has 1 saturated heterocycles. The van der Waals surface area contributed by atoms with Crippen LogP contribution in [0, 0.1) is 11.3 Å². The van der Waals surface area contributed by atoms with Gasteiger partial charge in [0, 0.05) is 37.5 Å². The Morgan fingerprint density at radius 1 is 1.19 bits per heavy atom. The van der Waals surface area contributed by atoms with Gasteiger partial charge in [-0.05, 0) is 49.1 Å². The van der Waals surface area contributed by atoms with Gasteiger partial charge in [0.1, 0.15) is 5.82 Å². The number of benzene rings is 1. The molecule has 0 saturated carbocycles. The molecule has 1 N–H and O–H groups in total. The number of nitrogens with zero attached hydrogens (tertiary/aromatic N) is 3. The van der Waals surface area contributed by atoms with Gasteiger partial charge < -0.3 is 10.2 Å². The predicted octanol–water partition coefficient (Wildman–Crippen LogP) is 3.27. The maximum Gasteiger partial charge on any atom is 0.244 e. The summed E-state index contributed by atoms with van der Waals surface area (Å²) in [6.07, 6.45) is 8.71. The number of carbonyl (C=O) groups excluding carboxylic acids is 1. The lowest BCUT2D eigenvalue weighted by atomic mass is 10.1. The van der Waals surface area contributed by atoms with Crippen LogP contribution in [0.4, 0.5) is 5.82 Å². The lowest BCUT2D eigenvalue weighted by molar-refractivity contribution is -0.116. The number of nitrogens with one attached hydrogen (secondary N) is 1. The first-order valence-electron chi connectivity index (χ1n) is 8.91. The number of anilines is 1. The minimum Gasteiger partial charge on any atom is -0.356 e. The number of rotatable bonds is 5. The van der Waals surface area contributed by atoms with Crippen LogP contribution in [0.2, 0.25) is 0 Å². The van der Waals surface area contributed by atoms with E-state index in [0.717, 1.165) is 30.0 Å². The van der Waals surface area contributed by atoms with Crippen molar-refractivity contribution in [1.29, 1.82) is 5.26 Å². The number of nitriles is 1. The van der Waals surface area contributed by atoms with E-state index in [1.807, 2.05) is 24.3 Å². The van der Waals surface area contributed by atoms with Gasteiger partial charge in [-0.15, -0.1) is 0 Å². The van der Waals surface area contributed by atoms with E-state index in [1.165, 1.54) is 25.3 Å². The van der Waals surface area contributed by atoms with Crippen molar-refractivity contribution >= 4 is 17.8 Å². The zero-order valence-electron chi connectivity index (χ0n) is 14.7. The summed E-state index contributed by atoms with van der Waals surface area (Å²) in [5.41, 5.74) is 2.53. The van der Waals surface area contributed by atoms with Gasteiger partial charge in [-0.25, -0.2) is 4.98 Å². The number of piperidine rings is 1. The Hall–Kier alpha value is -3.13. The Bertz CT molecular complexity index is 815. The zero-order chi connectivity index (χ0) is 18.2. The van der Waals surface area contributed by atoms with E-state index in [4.69, 9.17) is 5.26 Å². The molecule has 0 aliphatic carbocycles. The van der Waals surface area contributed by atoms with Crippen LogP contribution in [-0.2, 0) is 11.3 Å². The van der Waals surface area contributed by atoms with E-state index in [9.17, 15) is 4.79 Å². The van der Waals surface area contributed by atoms with Crippen LogP contribution in [0.15, 0.2) is 48.7 Å². The lowest BCUT2D eigenvalue weighted by Gasteiger charge is -2.29. The molecule has 1 aliphatic rings. The van der Waals surface area contributed by atoms with Crippen LogP contribution in [0.1, 0.15) is 36.0 Å². The van der Waals surface area contributed by atoms with Crippen molar-refractivity contribution in [3.63, 3.8) is 0 Å². The molecule has 1 amide bonds. The molecule has 0 radical (unpaired) electrons. The van der Waals surface area contributed by atoms with Gasteiger partial charge in [0.25, 0.3) is 0 Å². The molecule has 26 heavy (non-hydrogen) atoms. The number of hydrogen-bond acceptors (Lipinski definition) is 4. The van der Waals surface area contributed by atoms with E-state index in [-0.39, 0.29) is 5.91 Å². The van der Waals surface area contributed by atoms with Crippen LogP contribution < -0.4 is 10.2 Å². The summed E-state index contributed by atoms with van der Waals surface area (Å²) in [4.78, 5) is 18.9. The first-order chi connectivity index (χ1) is 12.8. The number of hydrogen-bond donors (Lipinski definition) is 1. The fourth-order valence-corrected chi connectivity index (χ4v) is 3.04. The fourth-order valence-electron chi connectivity index (χ4n) is 3.04. The van der Waals surface area contributed by atoms with Crippen molar-refractivity contribution in [2.45, 2.75) is 25.8 Å². The molecule has 2 aromatic rings. The molecule has 5 heteroatoms. The maximum absolute atomic E-state index is 12.1. The highest BCUT2D eigenvalue weighted by atomic mass is 16.1. The lowest BCUT2D eigenvalue weighted by Crippen LogP contribution is -2.32. The summed E-state index contributed by atoms with van der Waals surface area (Å²) in [7, 11) is 0. The average molecular weight is 346 g/mol. The predicted molar refractivity (Wildman–Crippen MR) is 102 cm³/mol. The van der Waals surface area contributed by atoms with Crippen LogP contribution in [0.25, 0.3) is 6.08 Å². The van der Waals surface area contributed by atoms with E-state index in [2.05, 4.69) is 21.3 Å². The van der Waals surface area contributed by atoms with Gasteiger partial charge >= 0.3 is 0 Å². The van der Waals surface area contributed by atoms with Crippen molar-refractivity contribution < 1.29 is 4.79 Å². The highest BCUT2D eigenvalue weighted by Gasteiger charge is 2.15. The third-order valence-electron chi connectivity index (χ3n) is 4.44. The normalized spacial score (nSPS) is 14.2. The van der Waals surface area contributed by atoms with Crippen LogP contribution in [0.5, 0.6) is 0 Å². The summed E-state index contributed by atoms with van der Waals surface area (Å²) < 4.78 is 0. The fraction of sp³-hybridized carbons (Fsp3) is 0.286. The third-order valence-corrected chi connectivity index (χ3v) is 4.44. The number of aromatic nitrogens is 1. The highest BCUT2D eigenvalue weighted by Crippen LogP contribution is 2.21. The molecule has 1 aromatic carbocycles. The monoisotopic (exact) mass is 346 g/mol. The standard InChI is InChI=1S/C21H22N4O/c22-15-18-8-6-17(7-9-18)10-11-20(26)24-16-19-5-4-12-23-21(19)25-13-2-1-3-14-25/h4-12H,1-3,13-14,16H2,(H,24,26)/b11-10-. The molecule has 1 aliphatic heterocycles. The topological polar surface area (TPSA) is 69.0 Å². The molecular weight excluding hydrogens is 324 g/mol. The molecule has 1 aromatic heterocycles. The second-order valence-corrected chi connectivity index (χ2v) is 6.32. The zero-order valence-corrected chi connectivity index (χ0v) is 14.7. The molecular formula is C21H22N4O. The van der Waals surface area contributed by atoms with Crippen LogP contribution >= 0.6 is 0 Å². The Labute approximate surface area is 154 Å². The second-order valence-electron chi connectivity index (χ2n) is 6.32. The smallest absolute Gasteiger partial charge is 0.244 e. The van der Waals surface area contributed by atoms with Crippen molar-refractivity contribution in [2.75, 3.05) is 18.0 Å². The van der Waals surface area contributed by atoms with Gasteiger partial charge in [0.15, 0.2) is 0 Å². The van der Waals surface area contributed by atoms with Crippen molar-refractivity contribution in [2.24, 2.45) is 0 Å². The molecule has 1 fully saturated rings. The second kappa shape index (κ2) is 8.82. The first-order valence-corrected chi connectivity index (χ1v) is 8.91. The molecule has 0 bridgehead atoms. The Morgan fingerprint density at radius 3 is 2.69 bits per heavy atom. The summed E-state index contributed by atoms with van der Waals surface area (Å²) >= 11 is 0. The largest absolute Gasteiger partial charge is 0.356 e. The van der Waals surface area contributed by atoms with E-state index < -0.39 is 0 Å². The average Bonchev–Trinajstić information content (AvgIpc) is 2.72. The van der Waals surface area contributed by atoms with Gasteiger partial charge in [0.05, 0.1) is 11.6 Å². The number of pyridine rings is 1. The quantitative estimate of drug-likeness (QED) is 0.844. The van der Waals surface area contributed by atoms with E-state index >= 15 is 0 Å². The molecule has 0 unspecified atom stereocenters. The van der Waals surface area contributed by atoms with Crippen molar-refractivity contribution in [3.05, 3.63) is 65.4 Å². The SMILES string of the molecule is N#Cc1ccc(/C=C\C(=O)NCc2cccnc2N2CCCCC2)cc1. The summed E-state index contributed by atoms with van der Waals surface area (Å²) in [6.45, 7) is 2.50. The van der Waals surface area contributed by atoms with Crippen LogP contribution in [0.3, 0.4) is 0 Å². The third kappa shape index (κ3) is 4.70. The van der Waals surface area contributed by atoms with Gasteiger partial charge in [0.2, 0.25) is 5.91 Å². The summed E-state index contributed by atoms with van der Waals surface area (Å²) in [5.74, 6) is 0.825. The maximum atomic E-state index is 12.1. The van der Waals surface area contributed by atoms with Gasteiger partial charge in [-0.2, -0.15) is 5.26 Å². The van der Waals surface area contributed by atoms with Crippen molar-refractivity contribution in [1.82, 2.24) is 10.3 Å². The summed E-state index contributed by atoms with van der Waals surface area (Å²) in [6, 6.07) is 13.1. The molecule has 0 atom stereocenters. The molecule has 3 rings (SSSR count). The van der Waals surface area contributed by atoms with Gasteiger partial charge in [-0.3, -0.25) is 4.79 Å². The first kappa shape index (κ1) is 17.7. The molecule has 5 nitrogen and oxygen atoms in total. The minimum atomic E-state index is -0.150. The summed E-state index contributed by atoms with van der Waals surface area (Å²) in [5, 5.41) is 11.7. The highest BCUT2D eigenvalue weighted by molar-refractivity contribution is 5.91. The molecule has 132 valence electrons.